The van der Waals surface area contributed by atoms with Crippen molar-refractivity contribution in [3.05, 3.63) is 0 Å². The van der Waals surface area contributed by atoms with Gasteiger partial charge in [0.05, 0.1) is 18.7 Å². The molecule has 10 heteroatoms. The van der Waals surface area contributed by atoms with Crippen molar-refractivity contribution < 1.29 is 29.6 Å². The Bertz CT molecular complexity index is 433. The van der Waals surface area contributed by atoms with Gasteiger partial charge in [0, 0.05) is 72.0 Å². The molecular weight excluding hydrogens is 368 g/mol. The van der Waals surface area contributed by atoms with Crippen LogP contribution in [-0.2, 0) is 14.3 Å². The molecule has 0 aromatic heterocycles. The van der Waals surface area contributed by atoms with Crippen LogP contribution in [0, 0.1) is 5.92 Å². The maximum atomic E-state index is 11.1. The zero-order valence-corrected chi connectivity index (χ0v) is 17.0. The van der Waals surface area contributed by atoms with Crippen LogP contribution in [0.3, 0.4) is 0 Å². The van der Waals surface area contributed by atoms with Gasteiger partial charge in [-0.25, -0.2) is 0 Å². The molecule has 1 rings (SSSR count). The van der Waals surface area contributed by atoms with Crippen molar-refractivity contribution in [2.75, 3.05) is 85.5 Å². The van der Waals surface area contributed by atoms with Gasteiger partial charge in [-0.15, -0.1) is 0 Å². The van der Waals surface area contributed by atoms with Crippen LogP contribution in [0.1, 0.15) is 13.8 Å². The van der Waals surface area contributed by atoms with Gasteiger partial charge in [-0.3, -0.25) is 14.7 Å². The van der Waals surface area contributed by atoms with Crippen LogP contribution in [0.25, 0.3) is 0 Å². The molecule has 0 amide bonds. The molecule has 1 fully saturated rings. The Morgan fingerprint density at radius 1 is 0.786 bits per heavy atom. The summed E-state index contributed by atoms with van der Waals surface area (Å²) in [4.78, 5) is 29.9. The van der Waals surface area contributed by atoms with E-state index in [9.17, 15) is 24.9 Å². The minimum Gasteiger partial charge on any atom is -0.834 e. The van der Waals surface area contributed by atoms with Gasteiger partial charge in [-0.1, -0.05) is 13.8 Å². The Labute approximate surface area is 167 Å². The van der Waals surface area contributed by atoms with E-state index in [0.29, 0.717) is 58.3 Å². The zero-order chi connectivity index (χ0) is 20.9. The van der Waals surface area contributed by atoms with E-state index in [0.717, 1.165) is 6.54 Å². The fourth-order valence-corrected chi connectivity index (χ4v) is 3.25. The van der Waals surface area contributed by atoms with E-state index in [1.165, 1.54) is 0 Å². The van der Waals surface area contributed by atoms with Crippen molar-refractivity contribution >= 4 is 11.9 Å². The van der Waals surface area contributed by atoms with Gasteiger partial charge >= 0.3 is 0 Å². The molecule has 1 saturated heterocycles. The normalized spacial score (nSPS) is 20.0. The molecule has 164 valence electrons. The first kappa shape index (κ1) is 24.7. The maximum Gasteiger partial charge on any atom is 0.0972 e. The van der Waals surface area contributed by atoms with Crippen LogP contribution in [-0.4, -0.2) is 117 Å². The first-order valence-electron chi connectivity index (χ1n) is 9.75. The van der Waals surface area contributed by atoms with E-state index in [4.69, 9.17) is 4.74 Å². The summed E-state index contributed by atoms with van der Waals surface area (Å²) in [5.41, 5.74) is 0. The van der Waals surface area contributed by atoms with Crippen LogP contribution in [0.15, 0.2) is 0 Å². The Morgan fingerprint density at radius 2 is 1.18 bits per heavy atom. The third-order valence-corrected chi connectivity index (χ3v) is 4.62. The SMILES string of the molecule is CC(C)CN1CCN(CC(=O)[O-])CCN(COC[O-])CCN(CC(=O)[O-])CC1. The van der Waals surface area contributed by atoms with E-state index in [-0.39, 0.29) is 19.8 Å². The molecule has 0 atom stereocenters. The van der Waals surface area contributed by atoms with Gasteiger partial charge in [0.1, 0.15) is 0 Å². The topological polar surface area (TPSA) is 126 Å². The number of ether oxygens (including phenoxy) is 1. The van der Waals surface area contributed by atoms with Crippen LogP contribution in [0.4, 0.5) is 0 Å². The molecule has 10 nitrogen and oxygen atoms in total. The van der Waals surface area contributed by atoms with Gasteiger partial charge < -0.3 is 34.5 Å². The van der Waals surface area contributed by atoms with Crippen molar-refractivity contribution in [1.82, 2.24) is 19.6 Å². The first-order valence-corrected chi connectivity index (χ1v) is 9.75. The van der Waals surface area contributed by atoms with Crippen LogP contribution < -0.4 is 15.3 Å². The molecule has 0 N–H and O–H groups in total. The minimum atomic E-state index is -1.12. The number of carbonyl (C=O) groups is 2. The summed E-state index contributed by atoms with van der Waals surface area (Å²) < 4.78 is 4.96. The molecule has 0 saturated carbocycles. The Morgan fingerprint density at radius 3 is 1.54 bits per heavy atom. The highest BCUT2D eigenvalue weighted by Gasteiger charge is 2.17. The number of hydrogen-bond acceptors (Lipinski definition) is 10. The van der Waals surface area contributed by atoms with Crippen molar-refractivity contribution in [3.8, 4) is 0 Å². The number of carboxylic acid groups (broad SMARTS) is 2. The number of aliphatic carboxylic acids is 2. The van der Waals surface area contributed by atoms with E-state index < -0.39 is 18.7 Å². The molecule has 0 aliphatic carbocycles. The number of hydrogen-bond donors (Lipinski definition) is 0. The fraction of sp³-hybridized carbons (Fsp3) is 0.889. The summed E-state index contributed by atoms with van der Waals surface area (Å²) in [6.45, 7) is 8.74. The molecule has 1 heterocycles. The maximum absolute atomic E-state index is 11.1. The molecular formula is C18H33N4O6-3. The smallest absolute Gasteiger partial charge is 0.0972 e. The predicted molar refractivity (Wildman–Crippen MR) is 96.6 cm³/mol. The number of nitrogens with zero attached hydrogens (tertiary/aromatic N) is 4. The second-order valence-corrected chi connectivity index (χ2v) is 7.56. The lowest BCUT2D eigenvalue weighted by molar-refractivity contribution is -0.434. The van der Waals surface area contributed by atoms with Crippen molar-refractivity contribution in [2.45, 2.75) is 13.8 Å². The predicted octanol–water partition coefficient (Wildman–Crippen LogP) is -4.34. The zero-order valence-electron chi connectivity index (χ0n) is 17.0. The van der Waals surface area contributed by atoms with Crippen molar-refractivity contribution in [1.29, 1.82) is 0 Å². The molecule has 1 aliphatic rings. The highest BCUT2D eigenvalue weighted by molar-refractivity contribution is 5.66. The average molecular weight is 401 g/mol. The highest BCUT2D eigenvalue weighted by Crippen LogP contribution is 2.03. The van der Waals surface area contributed by atoms with Gasteiger partial charge in [-0.2, -0.15) is 0 Å². The molecule has 0 bridgehead atoms. The summed E-state index contributed by atoms with van der Waals surface area (Å²) in [5, 5.41) is 32.8. The van der Waals surface area contributed by atoms with Gasteiger partial charge in [0.15, 0.2) is 0 Å². The lowest BCUT2D eigenvalue weighted by Crippen LogP contribution is -2.50. The Kier molecular flexibility index (Phi) is 12.2. The molecule has 1 aliphatic heterocycles. The number of rotatable bonds is 9. The first-order chi connectivity index (χ1) is 13.3. The standard InChI is InChI=1S/C18H35N4O6/c1-16(2)11-19-3-5-20(12-17(24)25)7-9-22(14-28-15-23)10-8-21(6-4-19)13-18(26)27/h16H,3-15H2,1-2H3,(H,24,25)(H,26,27)/q-1/p-2. The average Bonchev–Trinajstić information content (AvgIpc) is 2.59. The second kappa shape index (κ2) is 13.8. The summed E-state index contributed by atoms with van der Waals surface area (Å²) in [7, 11) is 0. The summed E-state index contributed by atoms with van der Waals surface area (Å²) in [5.74, 6) is -1.80. The third-order valence-electron chi connectivity index (χ3n) is 4.62. The number of carboxylic acids is 2. The lowest BCUT2D eigenvalue weighted by atomic mass is 10.2. The molecule has 0 spiro atoms. The highest BCUT2D eigenvalue weighted by atomic mass is 16.6. The molecule has 0 aromatic carbocycles. The van der Waals surface area contributed by atoms with Gasteiger partial charge in [0.25, 0.3) is 0 Å². The molecule has 0 radical (unpaired) electrons. The van der Waals surface area contributed by atoms with Crippen molar-refractivity contribution in [3.63, 3.8) is 0 Å². The third kappa shape index (κ3) is 11.5. The van der Waals surface area contributed by atoms with E-state index >= 15 is 0 Å². The van der Waals surface area contributed by atoms with E-state index in [2.05, 4.69) is 18.7 Å². The van der Waals surface area contributed by atoms with E-state index in [1.807, 2.05) is 14.7 Å². The summed E-state index contributed by atoms with van der Waals surface area (Å²) in [6.07, 6.45) is 0. The number of carbonyl (C=O) groups excluding carboxylic acids is 2. The molecule has 0 aromatic rings. The lowest BCUT2D eigenvalue weighted by Gasteiger charge is -2.35. The van der Waals surface area contributed by atoms with Gasteiger partial charge in [-0.05, 0) is 12.7 Å². The monoisotopic (exact) mass is 401 g/mol. The van der Waals surface area contributed by atoms with E-state index in [1.54, 1.807) is 0 Å². The second-order valence-electron chi connectivity index (χ2n) is 7.56. The summed E-state index contributed by atoms with van der Waals surface area (Å²) in [6, 6.07) is 0. The van der Waals surface area contributed by atoms with Crippen LogP contribution in [0.2, 0.25) is 0 Å². The molecule has 0 unspecified atom stereocenters. The van der Waals surface area contributed by atoms with Crippen LogP contribution >= 0.6 is 0 Å². The largest absolute Gasteiger partial charge is 0.834 e. The van der Waals surface area contributed by atoms with Gasteiger partial charge in [0.2, 0.25) is 0 Å². The fourth-order valence-electron chi connectivity index (χ4n) is 3.25. The minimum absolute atomic E-state index is 0.126. The quantitative estimate of drug-likeness (QED) is 0.350. The van der Waals surface area contributed by atoms with Crippen molar-refractivity contribution in [2.24, 2.45) is 5.92 Å². The Hall–Kier alpha value is -1.30. The van der Waals surface area contributed by atoms with Crippen LogP contribution in [0.5, 0.6) is 0 Å². The Balaban J connectivity index is 2.84. The molecule has 28 heavy (non-hydrogen) atoms. The summed E-state index contributed by atoms with van der Waals surface area (Å²) >= 11 is 0.